The first-order valence-corrected chi connectivity index (χ1v) is 5.89. The van der Waals surface area contributed by atoms with Crippen LogP contribution in [0.4, 0.5) is 14.5 Å². The molecule has 0 aliphatic carbocycles. The van der Waals surface area contributed by atoms with Crippen molar-refractivity contribution in [1.29, 1.82) is 0 Å². The van der Waals surface area contributed by atoms with E-state index in [0.29, 0.717) is 17.8 Å². The van der Waals surface area contributed by atoms with Crippen LogP contribution in [0.25, 0.3) is 0 Å². The summed E-state index contributed by atoms with van der Waals surface area (Å²) in [5.74, 6) is -1.74. The van der Waals surface area contributed by atoms with E-state index in [2.05, 4.69) is 0 Å². The lowest BCUT2D eigenvalue weighted by Gasteiger charge is -2.37. The summed E-state index contributed by atoms with van der Waals surface area (Å²) in [6.07, 6.45) is -2.12. The Labute approximate surface area is 104 Å². The highest BCUT2D eigenvalue weighted by Gasteiger charge is 2.34. The summed E-state index contributed by atoms with van der Waals surface area (Å²) in [7, 11) is 0. The summed E-state index contributed by atoms with van der Waals surface area (Å²) in [5.41, 5.74) is 1.16. The van der Waals surface area contributed by atoms with Crippen LogP contribution in [0, 0.1) is 0 Å². The molecule has 0 spiro atoms. The Bertz CT molecular complexity index is 450. The van der Waals surface area contributed by atoms with Crippen molar-refractivity contribution in [2.75, 3.05) is 11.4 Å². The fourth-order valence-electron chi connectivity index (χ4n) is 2.41. The molecule has 5 heteroatoms. The third kappa shape index (κ3) is 2.17. The Hall–Kier alpha value is -1.65. The highest BCUT2D eigenvalue weighted by molar-refractivity contribution is 5.78. The second-order valence-corrected chi connectivity index (χ2v) is 4.50. The third-order valence-electron chi connectivity index (χ3n) is 3.46. The molecule has 3 nitrogen and oxygen atoms in total. The van der Waals surface area contributed by atoms with Crippen molar-refractivity contribution in [3.05, 3.63) is 29.8 Å². The van der Waals surface area contributed by atoms with Crippen LogP contribution in [0.3, 0.4) is 0 Å². The van der Waals surface area contributed by atoms with Gasteiger partial charge in [-0.3, -0.25) is 0 Å². The first-order chi connectivity index (χ1) is 8.52. The highest BCUT2D eigenvalue weighted by atomic mass is 19.3. The molecule has 1 aromatic carbocycles. The minimum atomic E-state index is -2.41. The summed E-state index contributed by atoms with van der Waals surface area (Å²) < 4.78 is 25.9. The van der Waals surface area contributed by atoms with Gasteiger partial charge in [-0.25, -0.2) is 13.6 Å². The smallest absolute Gasteiger partial charge is 0.326 e. The number of hydrogen-bond acceptors (Lipinski definition) is 2. The average molecular weight is 255 g/mol. The number of carbonyl (C=O) groups is 1. The molecule has 98 valence electrons. The van der Waals surface area contributed by atoms with E-state index in [4.69, 9.17) is 5.11 Å². The molecule has 0 unspecified atom stereocenters. The minimum absolute atomic E-state index is 0.284. The van der Waals surface area contributed by atoms with Crippen molar-refractivity contribution >= 4 is 11.7 Å². The van der Waals surface area contributed by atoms with Gasteiger partial charge in [0.15, 0.2) is 0 Å². The number of carboxylic acid groups (broad SMARTS) is 1. The predicted molar refractivity (Wildman–Crippen MR) is 64.2 cm³/mol. The monoisotopic (exact) mass is 255 g/mol. The number of fused-ring (bicyclic) bond motifs is 1. The number of carboxylic acids is 1. The predicted octanol–water partition coefficient (Wildman–Crippen LogP) is 2.72. The fourth-order valence-corrected chi connectivity index (χ4v) is 2.41. The highest BCUT2D eigenvalue weighted by Crippen LogP contribution is 2.39. The van der Waals surface area contributed by atoms with E-state index in [1.165, 1.54) is 0 Å². The number of para-hydroxylation sites is 1. The van der Waals surface area contributed by atoms with Gasteiger partial charge in [-0.2, -0.15) is 0 Å². The van der Waals surface area contributed by atoms with E-state index in [-0.39, 0.29) is 6.42 Å². The van der Waals surface area contributed by atoms with E-state index in [9.17, 15) is 13.6 Å². The van der Waals surface area contributed by atoms with Crippen LogP contribution in [0.2, 0.25) is 0 Å². The van der Waals surface area contributed by atoms with Gasteiger partial charge in [-0.1, -0.05) is 18.2 Å². The molecule has 0 saturated heterocycles. The maximum absolute atomic E-state index is 13.0. The summed E-state index contributed by atoms with van der Waals surface area (Å²) in [6.45, 7) is 1.92. The number of nitrogens with zero attached hydrogens (tertiary/aromatic N) is 1. The van der Waals surface area contributed by atoms with Crippen molar-refractivity contribution in [1.82, 2.24) is 0 Å². The van der Waals surface area contributed by atoms with Crippen molar-refractivity contribution in [3.63, 3.8) is 0 Å². The summed E-state index contributed by atoms with van der Waals surface area (Å²) in [6, 6.07) is 6.12. The van der Waals surface area contributed by atoms with Crippen LogP contribution < -0.4 is 4.90 Å². The van der Waals surface area contributed by atoms with Gasteiger partial charge in [-0.15, -0.1) is 0 Å². The number of halogens is 2. The zero-order valence-corrected chi connectivity index (χ0v) is 10.0. The molecule has 2 atom stereocenters. The largest absolute Gasteiger partial charge is 0.480 e. The lowest BCUT2D eigenvalue weighted by Crippen LogP contribution is -2.43. The lowest BCUT2D eigenvalue weighted by molar-refractivity contribution is -0.138. The molecule has 1 heterocycles. The molecular formula is C13H15F2NO2. The Balaban J connectivity index is 2.39. The first kappa shape index (κ1) is 12.8. The molecule has 1 aliphatic rings. The third-order valence-corrected chi connectivity index (χ3v) is 3.46. The van der Waals surface area contributed by atoms with Gasteiger partial charge >= 0.3 is 5.97 Å². The molecule has 18 heavy (non-hydrogen) atoms. The van der Waals surface area contributed by atoms with E-state index < -0.39 is 24.4 Å². The van der Waals surface area contributed by atoms with Crippen LogP contribution in [0.1, 0.15) is 24.8 Å². The fraction of sp³-hybridized carbons (Fsp3) is 0.462. The Morgan fingerprint density at radius 3 is 2.72 bits per heavy atom. The molecule has 1 aliphatic heterocycles. The van der Waals surface area contributed by atoms with Gasteiger partial charge in [0.25, 0.3) is 0 Å². The van der Waals surface area contributed by atoms with Gasteiger partial charge in [0.1, 0.15) is 6.04 Å². The molecule has 0 saturated carbocycles. The molecule has 1 N–H and O–H groups in total. The molecular weight excluding hydrogens is 240 g/mol. The number of benzene rings is 1. The SMILES string of the molecule is C[C@H](C(=O)O)N1CC[C@@H](C(F)F)c2ccccc21. The number of anilines is 1. The standard InChI is InChI=1S/C13H15F2NO2/c1-8(13(17)18)16-7-6-10(12(14)15)9-4-2-3-5-11(9)16/h2-5,8,10,12H,6-7H2,1H3,(H,17,18)/t8-,10-/m1/s1. The van der Waals surface area contributed by atoms with E-state index in [1.54, 1.807) is 36.1 Å². The topological polar surface area (TPSA) is 40.5 Å². The number of rotatable bonds is 3. The van der Waals surface area contributed by atoms with Crippen LogP contribution >= 0.6 is 0 Å². The van der Waals surface area contributed by atoms with Gasteiger partial charge in [0.2, 0.25) is 6.43 Å². The second kappa shape index (κ2) is 4.92. The van der Waals surface area contributed by atoms with Gasteiger partial charge in [-0.05, 0) is 25.0 Å². The molecule has 0 aromatic heterocycles. The quantitative estimate of drug-likeness (QED) is 0.902. The average Bonchev–Trinajstić information content (AvgIpc) is 2.36. The van der Waals surface area contributed by atoms with Crippen molar-refractivity contribution < 1.29 is 18.7 Å². The first-order valence-electron chi connectivity index (χ1n) is 5.89. The van der Waals surface area contributed by atoms with E-state index >= 15 is 0 Å². The molecule has 0 amide bonds. The van der Waals surface area contributed by atoms with Crippen LogP contribution in [-0.2, 0) is 4.79 Å². The van der Waals surface area contributed by atoms with Crippen LogP contribution in [0.15, 0.2) is 24.3 Å². The molecule has 0 radical (unpaired) electrons. The van der Waals surface area contributed by atoms with E-state index in [1.807, 2.05) is 0 Å². The lowest BCUT2D eigenvalue weighted by atomic mass is 9.89. The normalized spacial score (nSPS) is 20.7. The van der Waals surface area contributed by atoms with Crippen molar-refractivity contribution in [2.24, 2.45) is 0 Å². The van der Waals surface area contributed by atoms with Crippen LogP contribution in [0.5, 0.6) is 0 Å². The zero-order chi connectivity index (χ0) is 13.3. The van der Waals surface area contributed by atoms with Gasteiger partial charge in [0, 0.05) is 18.2 Å². The Kier molecular flexibility index (Phi) is 3.50. The summed E-state index contributed by atoms with van der Waals surface area (Å²) >= 11 is 0. The Morgan fingerprint density at radius 2 is 2.11 bits per heavy atom. The number of aliphatic carboxylic acids is 1. The van der Waals surface area contributed by atoms with Crippen molar-refractivity contribution in [3.8, 4) is 0 Å². The maximum Gasteiger partial charge on any atom is 0.326 e. The summed E-state index contributed by atoms with van der Waals surface area (Å²) in [5, 5.41) is 9.05. The van der Waals surface area contributed by atoms with Crippen LogP contribution in [-0.4, -0.2) is 30.1 Å². The molecule has 0 bridgehead atoms. The second-order valence-electron chi connectivity index (χ2n) is 4.50. The van der Waals surface area contributed by atoms with Crippen molar-refractivity contribution in [2.45, 2.75) is 31.7 Å². The number of hydrogen-bond donors (Lipinski definition) is 1. The zero-order valence-electron chi connectivity index (χ0n) is 10.0. The molecule has 0 fully saturated rings. The minimum Gasteiger partial charge on any atom is -0.480 e. The Morgan fingerprint density at radius 1 is 1.44 bits per heavy atom. The molecule has 2 rings (SSSR count). The molecule has 1 aromatic rings. The van der Waals surface area contributed by atoms with E-state index in [0.717, 1.165) is 0 Å². The maximum atomic E-state index is 13.0. The van der Waals surface area contributed by atoms with Gasteiger partial charge in [0.05, 0.1) is 0 Å². The van der Waals surface area contributed by atoms with Gasteiger partial charge < -0.3 is 10.0 Å². The summed E-state index contributed by atoms with van der Waals surface area (Å²) in [4.78, 5) is 12.7. The number of alkyl halides is 2.